The Morgan fingerprint density at radius 2 is 1.95 bits per heavy atom. The van der Waals surface area contributed by atoms with Crippen molar-refractivity contribution in [2.24, 2.45) is 5.73 Å². The number of carboxylic acid groups (broad SMARTS) is 1. The fourth-order valence-corrected chi connectivity index (χ4v) is 1.85. The number of hydrogen-bond donors (Lipinski definition) is 2. The maximum Gasteiger partial charge on any atom is 0.317 e. The van der Waals surface area contributed by atoms with E-state index in [0.29, 0.717) is 5.82 Å². The summed E-state index contributed by atoms with van der Waals surface area (Å²) in [7, 11) is 0. The van der Waals surface area contributed by atoms with Crippen LogP contribution in [0, 0.1) is 0 Å². The Labute approximate surface area is 120 Å². The minimum absolute atomic E-state index is 0.0944. The van der Waals surface area contributed by atoms with E-state index >= 15 is 0 Å². The highest BCUT2D eigenvalue weighted by atomic mass is 16.4. The molecule has 9 heteroatoms. The van der Waals surface area contributed by atoms with Gasteiger partial charge in [0.1, 0.15) is 0 Å². The number of benzene rings is 1. The molecule has 0 aliphatic carbocycles. The Morgan fingerprint density at radius 3 is 2.57 bits per heavy atom. The molecule has 2 rings (SSSR count). The van der Waals surface area contributed by atoms with Crippen molar-refractivity contribution in [2.75, 3.05) is 13.1 Å². The maximum atomic E-state index is 11.0. The number of carbonyl (C=O) groups is 2. The SMILES string of the molecule is NC(=O)CN(CC(=O)O)Cc1nnnn1-c1ccccc1. The van der Waals surface area contributed by atoms with Crippen LogP contribution in [0.4, 0.5) is 0 Å². The van der Waals surface area contributed by atoms with E-state index in [-0.39, 0.29) is 19.6 Å². The number of primary amides is 1. The summed E-state index contributed by atoms with van der Waals surface area (Å²) in [6, 6.07) is 9.15. The van der Waals surface area contributed by atoms with Gasteiger partial charge in [0.25, 0.3) is 0 Å². The van der Waals surface area contributed by atoms with Crippen molar-refractivity contribution in [3.8, 4) is 5.69 Å². The van der Waals surface area contributed by atoms with Crippen molar-refractivity contribution in [2.45, 2.75) is 6.54 Å². The van der Waals surface area contributed by atoms with Gasteiger partial charge in [0.2, 0.25) is 5.91 Å². The van der Waals surface area contributed by atoms with Crippen molar-refractivity contribution in [1.82, 2.24) is 25.1 Å². The number of para-hydroxylation sites is 1. The quantitative estimate of drug-likeness (QED) is 0.671. The van der Waals surface area contributed by atoms with Crippen molar-refractivity contribution < 1.29 is 14.7 Å². The molecule has 9 nitrogen and oxygen atoms in total. The van der Waals surface area contributed by atoms with Crippen LogP contribution in [-0.4, -0.2) is 55.2 Å². The molecular weight excluding hydrogens is 276 g/mol. The number of nitrogens with zero attached hydrogens (tertiary/aromatic N) is 5. The molecule has 0 fully saturated rings. The summed E-state index contributed by atoms with van der Waals surface area (Å²) in [4.78, 5) is 23.2. The summed E-state index contributed by atoms with van der Waals surface area (Å²) < 4.78 is 1.48. The smallest absolute Gasteiger partial charge is 0.317 e. The molecule has 1 aromatic heterocycles. The minimum atomic E-state index is -1.06. The van der Waals surface area contributed by atoms with Crippen LogP contribution >= 0.6 is 0 Å². The van der Waals surface area contributed by atoms with Gasteiger partial charge < -0.3 is 10.8 Å². The van der Waals surface area contributed by atoms with E-state index in [9.17, 15) is 9.59 Å². The lowest BCUT2D eigenvalue weighted by atomic mass is 10.3. The first kappa shape index (κ1) is 14.6. The van der Waals surface area contributed by atoms with E-state index in [1.807, 2.05) is 30.3 Å². The average Bonchev–Trinajstić information content (AvgIpc) is 2.86. The molecule has 0 saturated heterocycles. The van der Waals surface area contributed by atoms with E-state index in [1.165, 1.54) is 9.58 Å². The summed E-state index contributed by atoms with van der Waals surface area (Å²) in [5.74, 6) is -1.26. The molecule has 21 heavy (non-hydrogen) atoms. The molecular formula is C12H14N6O3. The van der Waals surface area contributed by atoms with Gasteiger partial charge in [0.05, 0.1) is 25.3 Å². The van der Waals surface area contributed by atoms with E-state index in [4.69, 9.17) is 10.8 Å². The number of carbonyl (C=O) groups excluding carboxylic acids is 1. The van der Waals surface area contributed by atoms with E-state index in [1.54, 1.807) is 0 Å². The fraction of sp³-hybridized carbons (Fsp3) is 0.250. The second kappa shape index (κ2) is 6.57. The highest BCUT2D eigenvalue weighted by molar-refractivity contribution is 5.77. The van der Waals surface area contributed by atoms with E-state index in [2.05, 4.69) is 15.5 Å². The van der Waals surface area contributed by atoms with Crippen LogP contribution in [0.25, 0.3) is 5.69 Å². The molecule has 1 aromatic carbocycles. The number of carboxylic acids is 1. The fourth-order valence-electron chi connectivity index (χ4n) is 1.85. The van der Waals surface area contributed by atoms with E-state index < -0.39 is 11.9 Å². The van der Waals surface area contributed by atoms with Crippen LogP contribution < -0.4 is 5.73 Å². The molecule has 1 amide bonds. The first-order valence-corrected chi connectivity index (χ1v) is 6.11. The Bertz CT molecular complexity index is 611. The molecule has 0 saturated carbocycles. The molecule has 1 heterocycles. The first-order chi connectivity index (χ1) is 10.1. The highest BCUT2D eigenvalue weighted by Crippen LogP contribution is 2.08. The Morgan fingerprint density at radius 1 is 1.24 bits per heavy atom. The van der Waals surface area contributed by atoms with Crippen molar-refractivity contribution in [1.29, 1.82) is 0 Å². The van der Waals surface area contributed by atoms with Gasteiger partial charge in [0, 0.05) is 0 Å². The maximum absolute atomic E-state index is 11.0. The molecule has 2 aromatic rings. The Hall–Kier alpha value is -2.81. The third-order valence-corrected chi connectivity index (χ3v) is 2.64. The monoisotopic (exact) mass is 290 g/mol. The van der Waals surface area contributed by atoms with Crippen LogP contribution in [0.2, 0.25) is 0 Å². The number of nitrogens with two attached hydrogens (primary N) is 1. The number of aliphatic carboxylic acids is 1. The lowest BCUT2D eigenvalue weighted by Crippen LogP contribution is -2.37. The molecule has 3 N–H and O–H groups in total. The van der Waals surface area contributed by atoms with Gasteiger partial charge in [-0.3, -0.25) is 14.5 Å². The largest absolute Gasteiger partial charge is 0.480 e. The van der Waals surface area contributed by atoms with E-state index in [0.717, 1.165) is 5.69 Å². The Kier molecular flexibility index (Phi) is 4.57. The second-order valence-corrected chi connectivity index (χ2v) is 4.35. The number of amides is 1. The van der Waals surface area contributed by atoms with Crippen molar-refractivity contribution >= 4 is 11.9 Å². The van der Waals surface area contributed by atoms with Gasteiger partial charge in [0.15, 0.2) is 5.82 Å². The zero-order valence-electron chi connectivity index (χ0n) is 11.1. The van der Waals surface area contributed by atoms with Gasteiger partial charge >= 0.3 is 5.97 Å². The number of rotatable bonds is 7. The first-order valence-electron chi connectivity index (χ1n) is 6.11. The predicted octanol–water partition coefficient (Wildman–Crippen LogP) is -0.966. The third kappa shape index (κ3) is 4.08. The number of tetrazole rings is 1. The van der Waals surface area contributed by atoms with Crippen LogP contribution in [0.5, 0.6) is 0 Å². The predicted molar refractivity (Wildman–Crippen MR) is 71.3 cm³/mol. The zero-order valence-corrected chi connectivity index (χ0v) is 11.1. The van der Waals surface area contributed by atoms with Gasteiger partial charge in [-0.25, -0.2) is 0 Å². The van der Waals surface area contributed by atoms with Crippen LogP contribution in [0.1, 0.15) is 5.82 Å². The van der Waals surface area contributed by atoms with Crippen LogP contribution in [-0.2, 0) is 16.1 Å². The molecule has 0 bridgehead atoms. The van der Waals surface area contributed by atoms with Gasteiger partial charge in [-0.2, -0.15) is 4.68 Å². The average molecular weight is 290 g/mol. The van der Waals surface area contributed by atoms with Crippen molar-refractivity contribution in [3.05, 3.63) is 36.2 Å². The molecule has 0 atom stereocenters. The Balaban J connectivity index is 2.19. The molecule has 0 aliphatic heterocycles. The van der Waals surface area contributed by atoms with Gasteiger partial charge in [-0.15, -0.1) is 5.10 Å². The lowest BCUT2D eigenvalue weighted by Gasteiger charge is -2.17. The molecule has 0 unspecified atom stereocenters. The van der Waals surface area contributed by atoms with Crippen LogP contribution in [0.3, 0.4) is 0 Å². The summed E-state index contributed by atoms with van der Waals surface area (Å²) in [5.41, 5.74) is 5.86. The second-order valence-electron chi connectivity index (χ2n) is 4.35. The number of hydrogen-bond acceptors (Lipinski definition) is 6. The summed E-state index contributed by atoms with van der Waals surface area (Å²) in [6.45, 7) is -0.421. The summed E-state index contributed by atoms with van der Waals surface area (Å²) in [6.07, 6.45) is 0. The standard InChI is InChI=1S/C12H14N6O3/c13-10(19)6-17(8-12(20)21)7-11-14-15-16-18(11)9-4-2-1-3-5-9/h1-5H,6-8H2,(H2,13,19)(H,20,21). The third-order valence-electron chi connectivity index (χ3n) is 2.64. The lowest BCUT2D eigenvalue weighted by molar-refractivity contribution is -0.138. The highest BCUT2D eigenvalue weighted by Gasteiger charge is 2.17. The van der Waals surface area contributed by atoms with Crippen LogP contribution in [0.15, 0.2) is 30.3 Å². The van der Waals surface area contributed by atoms with Crippen molar-refractivity contribution in [3.63, 3.8) is 0 Å². The van der Waals surface area contributed by atoms with Gasteiger partial charge in [-0.1, -0.05) is 18.2 Å². The number of aromatic nitrogens is 4. The molecule has 110 valence electrons. The summed E-state index contributed by atoms with van der Waals surface area (Å²) in [5, 5.41) is 20.2. The summed E-state index contributed by atoms with van der Waals surface area (Å²) >= 11 is 0. The van der Waals surface area contributed by atoms with Gasteiger partial charge in [-0.05, 0) is 22.6 Å². The molecule has 0 aliphatic rings. The normalized spacial score (nSPS) is 10.7. The minimum Gasteiger partial charge on any atom is -0.480 e. The topological polar surface area (TPSA) is 127 Å². The zero-order chi connectivity index (χ0) is 15.2. The molecule has 0 spiro atoms. The molecule has 0 radical (unpaired) electrons.